The van der Waals surface area contributed by atoms with Crippen molar-refractivity contribution >= 4 is 34.6 Å². The van der Waals surface area contributed by atoms with E-state index < -0.39 is 5.82 Å². The summed E-state index contributed by atoms with van der Waals surface area (Å²) >= 11 is 12.4. The number of nitrogens with two attached hydrogens (primary N) is 1. The lowest BCUT2D eigenvalue weighted by atomic mass is 9.97. The summed E-state index contributed by atoms with van der Waals surface area (Å²) in [5.41, 5.74) is 7.16. The minimum absolute atomic E-state index is 0.0301. The number of carbonyl (C=O) groups excluding carboxylic acids is 1. The molecule has 0 spiro atoms. The SMILES string of the molecule is NCC1CCCN(C(=O)c2cc(Cc3c[nH]c(=O)c4cc(Cl)c(Cl)n34)ccc2F)C1. The topological polar surface area (TPSA) is 83.6 Å². The van der Waals surface area contributed by atoms with Crippen LogP contribution in [0.3, 0.4) is 0 Å². The summed E-state index contributed by atoms with van der Waals surface area (Å²) in [5, 5.41) is 0.497. The molecule has 6 nitrogen and oxygen atoms in total. The molecule has 1 aromatic carbocycles. The number of hydrogen-bond donors (Lipinski definition) is 2. The van der Waals surface area contributed by atoms with Gasteiger partial charge in [0.05, 0.1) is 10.6 Å². The summed E-state index contributed by atoms with van der Waals surface area (Å²) in [6.45, 7) is 1.64. The van der Waals surface area contributed by atoms with Crippen molar-refractivity contribution in [2.24, 2.45) is 11.7 Å². The number of piperidine rings is 1. The molecule has 30 heavy (non-hydrogen) atoms. The average molecular weight is 451 g/mol. The van der Waals surface area contributed by atoms with Crippen LogP contribution in [0.4, 0.5) is 4.39 Å². The Hall–Kier alpha value is -2.35. The highest BCUT2D eigenvalue weighted by Crippen LogP contribution is 2.27. The number of aromatic amines is 1. The Morgan fingerprint density at radius 1 is 1.30 bits per heavy atom. The molecule has 1 aliphatic heterocycles. The zero-order valence-corrected chi connectivity index (χ0v) is 17.6. The first kappa shape index (κ1) is 20.9. The highest BCUT2D eigenvalue weighted by molar-refractivity contribution is 6.42. The van der Waals surface area contributed by atoms with Crippen molar-refractivity contribution in [3.8, 4) is 0 Å². The maximum Gasteiger partial charge on any atom is 0.272 e. The van der Waals surface area contributed by atoms with Gasteiger partial charge in [-0.1, -0.05) is 29.3 Å². The fraction of sp³-hybridized carbons (Fsp3) is 0.333. The third-order valence-corrected chi connectivity index (χ3v) is 6.33. The van der Waals surface area contributed by atoms with Crippen LogP contribution in [0.15, 0.2) is 35.3 Å². The van der Waals surface area contributed by atoms with E-state index in [1.54, 1.807) is 27.6 Å². The maximum absolute atomic E-state index is 14.5. The van der Waals surface area contributed by atoms with Crippen molar-refractivity contribution in [1.82, 2.24) is 14.3 Å². The number of halogens is 3. The largest absolute Gasteiger partial charge is 0.338 e. The Bertz CT molecular complexity index is 1170. The Kier molecular flexibility index (Phi) is 5.86. The molecule has 0 radical (unpaired) electrons. The summed E-state index contributed by atoms with van der Waals surface area (Å²) < 4.78 is 16.1. The molecule has 3 heterocycles. The number of likely N-dealkylation sites (tertiary alicyclic amines) is 1. The van der Waals surface area contributed by atoms with Crippen molar-refractivity contribution in [1.29, 1.82) is 0 Å². The molecule has 1 fully saturated rings. The molecule has 4 rings (SSSR count). The number of nitrogens with zero attached hydrogens (tertiary/aromatic N) is 2. The highest BCUT2D eigenvalue weighted by Gasteiger charge is 2.26. The van der Waals surface area contributed by atoms with Crippen LogP contribution in [-0.4, -0.2) is 39.8 Å². The van der Waals surface area contributed by atoms with E-state index in [9.17, 15) is 14.0 Å². The number of rotatable bonds is 4. The number of H-pyrrole nitrogens is 1. The molecule has 3 aromatic rings. The van der Waals surface area contributed by atoms with Crippen molar-refractivity contribution in [2.45, 2.75) is 19.3 Å². The summed E-state index contributed by atoms with van der Waals surface area (Å²) in [4.78, 5) is 29.3. The molecule has 0 aliphatic carbocycles. The molecule has 9 heteroatoms. The van der Waals surface area contributed by atoms with E-state index in [1.165, 1.54) is 12.1 Å². The fourth-order valence-electron chi connectivity index (χ4n) is 3.99. The molecule has 0 saturated carbocycles. The Morgan fingerprint density at radius 3 is 2.87 bits per heavy atom. The van der Waals surface area contributed by atoms with E-state index >= 15 is 0 Å². The van der Waals surface area contributed by atoms with Crippen LogP contribution in [0, 0.1) is 11.7 Å². The molecular weight excluding hydrogens is 430 g/mol. The molecule has 1 unspecified atom stereocenters. The monoisotopic (exact) mass is 450 g/mol. The van der Waals surface area contributed by atoms with Crippen LogP contribution in [-0.2, 0) is 6.42 Å². The van der Waals surface area contributed by atoms with Crippen molar-refractivity contribution in [3.63, 3.8) is 0 Å². The van der Waals surface area contributed by atoms with Gasteiger partial charge >= 0.3 is 0 Å². The molecule has 1 aliphatic rings. The second-order valence-electron chi connectivity index (χ2n) is 7.60. The number of nitrogens with one attached hydrogen (secondary N) is 1. The van der Waals surface area contributed by atoms with Crippen LogP contribution >= 0.6 is 23.2 Å². The molecule has 1 amide bonds. The maximum atomic E-state index is 14.5. The first-order valence-corrected chi connectivity index (χ1v) is 10.5. The molecule has 158 valence electrons. The van der Waals surface area contributed by atoms with Crippen molar-refractivity contribution in [2.75, 3.05) is 19.6 Å². The third-order valence-electron chi connectivity index (χ3n) is 5.57. The lowest BCUT2D eigenvalue weighted by Gasteiger charge is -2.32. The fourth-order valence-corrected chi connectivity index (χ4v) is 4.43. The van der Waals surface area contributed by atoms with Crippen molar-refractivity contribution in [3.05, 3.63) is 73.6 Å². The Labute approximate surface area is 182 Å². The minimum atomic E-state index is -0.563. The molecule has 3 N–H and O–H groups in total. The number of hydrogen-bond acceptors (Lipinski definition) is 3. The average Bonchev–Trinajstić information content (AvgIpc) is 3.06. The minimum Gasteiger partial charge on any atom is -0.338 e. The van der Waals surface area contributed by atoms with E-state index in [0.29, 0.717) is 42.8 Å². The normalized spacial score (nSPS) is 16.9. The second kappa shape index (κ2) is 8.41. The summed E-state index contributed by atoms with van der Waals surface area (Å²) in [7, 11) is 0. The second-order valence-corrected chi connectivity index (χ2v) is 8.36. The van der Waals surface area contributed by atoms with Gasteiger partial charge in [-0.05, 0) is 49.1 Å². The quantitative estimate of drug-likeness (QED) is 0.637. The van der Waals surface area contributed by atoms with Gasteiger partial charge in [0, 0.05) is 31.4 Å². The number of aromatic nitrogens is 2. The summed E-state index contributed by atoms with van der Waals surface area (Å²) in [6, 6.07) is 5.96. The number of amides is 1. The van der Waals surface area contributed by atoms with E-state index in [-0.39, 0.29) is 33.1 Å². The van der Waals surface area contributed by atoms with E-state index in [1.807, 2.05) is 0 Å². The number of carbonyl (C=O) groups is 1. The Balaban J connectivity index is 1.66. The van der Waals surface area contributed by atoms with Crippen LogP contribution in [0.1, 0.15) is 34.5 Å². The molecule has 0 bridgehead atoms. The number of fused-ring (bicyclic) bond motifs is 1. The van der Waals surface area contributed by atoms with E-state index in [0.717, 1.165) is 12.8 Å². The van der Waals surface area contributed by atoms with Gasteiger partial charge in [0.1, 0.15) is 16.5 Å². The van der Waals surface area contributed by atoms with Gasteiger partial charge in [-0.25, -0.2) is 4.39 Å². The van der Waals surface area contributed by atoms with Crippen LogP contribution in [0.2, 0.25) is 10.2 Å². The summed E-state index contributed by atoms with van der Waals surface area (Å²) in [6.07, 6.45) is 3.70. The van der Waals surface area contributed by atoms with Crippen LogP contribution in [0.25, 0.3) is 5.52 Å². The molecule has 1 atom stereocenters. The zero-order valence-electron chi connectivity index (χ0n) is 16.1. The first-order chi connectivity index (χ1) is 14.4. The number of benzene rings is 1. The van der Waals surface area contributed by atoms with Gasteiger partial charge in [0.2, 0.25) is 0 Å². The summed E-state index contributed by atoms with van der Waals surface area (Å²) in [5.74, 6) is -0.655. The van der Waals surface area contributed by atoms with Gasteiger partial charge < -0.3 is 15.6 Å². The molecule has 1 saturated heterocycles. The molecular formula is C21H21Cl2FN4O2. The zero-order chi connectivity index (χ0) is 21.4. The van der Waals surface area contributed by atoms with Gasteiger partial charge in [0.15, 0.2) is 0 Å². The van der Waals surface area contributed by atoms with Crippen LogP contribution in [0.5, 0.6) is 0 Å². The van der Waals surface area contributed by atoms with Gasteiger partial charge in [-0.2, -0.15) is 0 Å². The lowest BCUT2D eigenvalue weighted by Crippen LogP contribution is -2.42. The Morgan fingerprint density at radius 2 is 2.10 bits per heavy atom. The van der Waals surface area contributed by atoms with Gasteiger partial charge in [0.25, 0.3) is 11.5 Å². The van der Waals surface area contributed by atoms with E-state index in [2.05, 4.69) is 4.98 Å². The third kappa shape index (κ3) is 3.85. The van der Waals surface area contributed by atoms with Gasteiger partial charge in [-0.3, -0.25) is 14.0 Å². The molecule has 2 aromatic heterocycles. The highest BCUT2D eigenvalue weighted by atomic mass is 35.5. The van der Waals surface area contributed by atoms with E-state index in [4.69, 9.17) is 28.9 Å². The predicted octanol–water partition coefficient (Wildman–Crippen LogP) is 3.48. The van der Waals surface area contributed by atoms with Crippen LogP contribution < -0.4 is 11.3 Å². The standard InChI is InChI=1S/C21H21Cl2FN4O2/c22-16-8-18-20(29)26-10-14(28(18)19(16)23)6-12-3-4-17(24)15(7-12)21(30)27-5-1-2-13(9-25)11-27/h3-4,7-8,10,13H,1-2,5-6,9,11,25H2,(H,26,29). The predicted molar refractivity (Wildman–Crippen MR) is 115 cm³/mol. The first-order valence-electron chi connectivity index (χ1n) is 9.73. The van der Waals surface area contributed by atoms with Gasteiger partial charge in [-0.15, -0.1) is 0 Å². The lowest BCUT2D eigenvalue weighted by molar-refractivity contribution is 0.0673. The smallest absolute Gasteiger partial charge is 0.272 e. The van der Waals surface area contributed by atoms with Crippen molar-refractivity contribution < 1.29 is 9.18 Å².